The van der Waals surface area contributed by atoms with Gasteiger partial charge in [-0.2, -0.15) is 0 Å². The SMILES string of the molecule is CCNC(=NCC(CCO)CC(C)C)NCCOc1ccc(F)cc1F. The van der Waals surface area contributed by atoms with Crippen LogP contribution in [0.2, 0.25) is 0 Å². The first-order chi connectivity index (χ1) is 12.5. The Balaban J connectivity index is 2.47. The third-order valence-corrected chi connectivity index (χ3v) is 3.74. The second-order valence-electron chi connectivity index (χ2n) is 6.58. The molecule has 0 bridgehead atoms. The standard InChI is InChI=1S/C19H31F2N3O2/c1-4-22-19(24-13-15(7-9-25)11-14(2)3)23-8-10-26-18-6-5-16(20)12-17(18)21/h5-6,12,14-15,25H,4,7-11,13H2,1-3H3,(H2,22,23,24). The van der Waals surface area contributed by atoms with Crippen LogP contribution in [0, 0.1) is 23.5 Å². The molecule has 0 aliphatic rings. The molecule has 1 unspecified atom stereocenters. The molecule has 1 atom stereocenters. The summed E-state index contributed by atoms with van der Waals surface area (Å²) in [6.07, 6.45) is 1.74. The van der Waals surface area contributed by atoms with E-state index in [0.717, 1.165) is 25.0 Å². The van der Waals surface area contributed by atoms with E-state index >= 15 is 0 Å². The highest BCUT2D eigenvalue weighted by Gasteiger charge is 2.11. The van der Waals surface area contributed by atoms with Crippen LogP contribution in [0.3, 0.4) is 0 Å². The average Bonchev–Trinajstić information content (AvgIpc) is 2.57. The number of hydrogen-bond donors (Lipinski definition) is 3. The van der Waals surface area contributed by atoms with Gasteiger partial charge in [0.15, 0.2) is 17.5 Å². The van der Waals surface area contributed by atoms with Gasteiger partial charge in [0.2, 0.25) is 0 Å². The molecule has 26 heavy (non-hydrogen) atoms. The Hall–Kier alpha value is -1.89. The molecule has 0 aromatic heterocycles. The zero-order valence-corrected chi connectivity index (χ0v) is 15.9. The van der Waals surface area contributed by atoms with Crippen LogP contribution >= 0.6 is 0 Å². The molecular weight excluding hydrogens is 340 g/mol. The van der Waals surface area contributed by atoms with E-state index in [4.69, 9.17) is 4.74 Å². The van der Waals surface area contributed by atoms with Gasteiger partial charge >= 0.3 is 0 Å². The number of aliphatic hydroxyl groups excluding tert-OH is 1. The lowest BCUT2D eigenvalue weighted by Gasteiger charge is -2.17. The molecule has 0 spiro atoms. The summed E-state index contributed by atoms with van der Waals surface area (Å²) in [6.45, 7) is 8.44. The van der Waals surface area contributed by atoms with Crippen molar-refractivity contribution in [2.24, 2.45) is 16.8 Å². The van der Waals surface area contributed by atoms with Crippen molar-refractivity contribution < 1.29 is 18.6 Å². The second kappa shape index (κ2) is 12.5. The number of aliphatic hydroxyl groups is 1. The van der Waals surface area contributed by atoms with Gasteiger partial charge in [0.05, 0.1) is 6.54 Å². The Kier molecular flexibility index (Phi) is 10.6. The smallest absolute Gasteiger partial charge is 0.191 e. The molecule has 148 valence electrons. The Bertz CT molecular complexity index is 554. The van der Waals surface area contributed by atoms with E-state index in [9.17, 15) is 13.9 Å². The van der Waals surface area contributed by atoms with Crippen molar-refractivity contribution in [2.75, 3.05) is 32.8 Å². The lowest BCUT2D eigenvalue weighted by molar-refractivity contribution is 0.245. The molecule has 7 heteroatoms. The number of nitrogens with one attached hydrogen (secondary N) is 2. The molecule has 0 amide bonds. The van der Waals surface area contributed by atoms with E-state index in [0.29, 0.717) is 37.4 Å². The lowest BCUT2D eigenvalue weighted by atomic mass is 9.94. The summed E-state index contributed by atoms with van der Waals surface area (Å²) in [6, 6.07) is 3.23. The monoisotopic (exact) mass is 371 g/mol. The van der Waals surface area contributed by atoms with E-state index in [1.807, 2.05) is 6.92 Å². The number of benzene rings is 1. The predicted octanol–water partition coefficient (Wildman–Crippen LogP) is 2.94. The zero-order chi connectivity index (χ0) is 19.4. The molecular formula is C19H31F2N3O2. The van der Waals surface area contributed by atoms with E-state index in [2.05, 4.69) is 29.5 Å². The van der Waals surface area contributed by atoms with Crippen LogP contribution in [0.5, 0.6) is 5.75 Å². The van der Waals surface area contributed by atoms with Crippen LogP contribution in [-0.4, -0.2) is 43.9 Å². The molecule has 1 aromatic rings. The predicted molar refractivity (Wildman–Crippen MR) is 100 cm³/mol. The van der Waals surface area contributed by atoms with Crippen LogP contribution in [-0.2, 0) is 0 Å². The van der Waals surface area contributed by atoms with Crippen molar-refractivity contribution in [3.8, 4) is 5.75 Å². The summed E-state index contributed by atoms with van der Waals surface area (Å²) >= 11 is 0. The van der Waals surface area contributed by atoms with Gasteiger partial charge in [-0.1, -0.05) is 13.8 Å². The number of guanidine groups is 1. The normalized spacial score (nSPS) is 13.0. The van der Waals surface area contributed by atoms with E-state index < -0.39 is 11.6 Å². The molecule has 0 saturated heterocycles. The lowest BCUT2D eigenvalue weighted by Crippen LogP contribution is -2.39. The fraction of sp³-hybridized carbons (Fsp3) is 0.632. The summed E-state index contributed by atoms with van der Waals surface area (Å²) in [4.78, 5) is 4.56. The number of ether oxygens (including phenoxy) is 1. The van der Waals surface area contributed by atoms with Gasteiger partial charge in [0.25, 0.3) is 0 Å². The maximum absolute atomic E-state index is 13.5. The second-order valence-corrected chi connectivity index (χ2v) is 6.58. The average molecular weight is 371 g/mol. The molecule has 0 aliphatic carbocycles. The zero-order valence-electron chi connectivity index (χ0n) is 15.9. The molecule has 5 nitrogen and oxygen atoms in total. The van der Waals surface area contributed by atoms with E-state index in [1.165, 1.54) is 6.07 Å². The number of halogens is 2. The van der Waals surface area contributed by atoms with Crippen molar-refractivity contribution in [1.82, 2.24) is 10.6 Å². The third-order valence-electron chi connectivity index (χ3n) is 3.74. The summed E-state index contributed by atoms with van der Waals surface area (Å²) in [5.74, 6) is 0.216. The van der Waals surface area contributed by atoms with Crippen LogP contribution in [0.1, 0.15) is 33.6 Å². The molecule has 0 aliphatic heterocycles. The van der Waals surface area contributed by atoms with Crippen LogP contribution in [0.4, 0.5) is 8.78 Å². The molecule has 0 saturated carbocycles. The largest absolute Gasteiger partial charge is 0.489 e. The molecule has 0 fully saturated rings. The maximum Gasteiger partial charge on any atom is 0.191 e. The molecule has 0 radical (unpaired) electrons. The maximum atomic E-state index is 13.5. The minimum absolute atomic E-state index is 0.0232. The quantitative estimate of drug-likeness (QED) is 0.318. The van der Waals surface area contributed by atoms with Gasteiger partial charge < -0.3 is 20.5 Å². The summed E-state index contributed by atoms with van der Waals surface area (Å²) < 4.78 is 31.7. The summed E-state index contributed by atoms with van der Waals surface area (Å²) in [5, 5.41) is 15.5. The van der Waals surface area contributed by atoms with Crippen LogP contribution in [0.15, 0.2) is 23.2 Å². The van der Waals surface area contributed by atoms with Crippen LogP contribution in [0.25, 0.3) is 0 Å². The molecule has 3 N–H and O–H groups in total. The first-order valence-electron chi connectivity index (χ1n) is 9.17. The van der Waals surface area contributed by atoms with Crippen molar-refractivity contribution in [3.05, 3.63) is 29.8 Å². The summed E-state index contributed by atoms with van der Waals surface area (Å²) in [7, 11) is 0. The Morgan fingerprint density at radius 2 is 2.04 bits per heavy atom. The van der Waals surface area contributed by atoms with Crippen molar-refractivity contribution in [3.63, 3.8) is 0 Å². The van der Waals surface area contributed by atoms with Gasteiger partial charge in [-0.15, -0.1) is 0 Å². The number of rotatable bonds is 11. The highest BCUT2D eigenvalue weighted by molar-refractivity contribution is 5.79. The minimum atomic E-state index is -0.717. The summed E-state index contributed by atoms with van der Waals surface area (Å²) in [5.41, 5.74) is 0. The molecule has 1 aromatic carbocycles. The highest BCUT2D eigenvalue weighted by atomic mass is 19.1. The van der Waals surface area contributed by atoms with E-state index in [-0.39, 0.29) is 19.0 Å². The highest BCUT2D eigenvalue weighted by Crippen LogP contribution is 2.17. The number of aliphatic imine (C=N–C) groups is 1. The molecule has 0 heterocycles. The Morgan fingerprint density at radius 3 is 2.65 bits per heavy atom. The fourth-order valence-corrected chi connectivity index (χ4v) is 2.62. The minimum Gasteiger partial charge on any atom is -0.489 e. The van der Waals surface area contributed by atoms with Gasteiger partial charge in [-0.25, -0.2) is 8.78 Å². The van der Waals surface area contributed by atoms with Gasteiger partial charge in [-0.3, -0.25) is 4.99 Å². The first kappa shape index (κ1) is 22.2. The first-order valence-corrected chi connectivity index (χ1v) is 9.17. The van der Waals surface area contributed by atoms with Crippen molar-refractivity contribution >= 4 is 5.96 Å². The van der Waals surface area contributed by atoms with Crippen molar-refractivity contribution in [2.45, 2.75) is 33.6 Å². The number of hydrogen-bond acceptors (Lipinski definition) is 3. The van der Waals surface area contributed by atoms with Gasteiger partial charge in [0, 0.05) is 25.8 Å². The van der Waals surface area contributed by atoms with Gasteiger partial charge in [-0.05, 0) is 43.7 Å². The molecule has 1 rings (SSSR count). The van der Waals surface area contributed by atoms with Crippen molar-refractivity contribution in [1.29, 1.82) is 0 Å². The van der Waals surface area contributed by atoms with Crippen LogP contribution < -0.4 is 15.4 Å². The third kappa shape index (κ3) is 8.99. The Labute approximate surface area is 154 Å². The van der Waals surface area contributed by atoms with E-state index in [1.54, 1.807) is 0 Å². The number of nitrogens with zero attached hydrogens (tertiary/aromatic N) is 1. The Morgan fingerprint density at radius 1 is 1.27 bits per heavy atom. The fourth-order valence-electron chi connectivity index (χ4n) is 2.62. The topological polar surface area (TPSA) is 65.9 Å². The van der Waals surface area contributed by atoms with Gasteiger partial charge in [0.1, 0.15) is 12.4 Å².